The monoisotopic (exact) mass is 138 g/mol. The molecule has 3 nitrogen and oxygen atoms in total. The van der Waals surface area contributed by atoms with Gasteiger partial charge in [-0.1, -0.05) is 0 Å². The molecule has 2 rings (SSSR count). The predicted octanol–water partition coefficient (Wildman–Crippen LogP) is 0.881. The minimum atomic E-state index is -0.343. The van der Waals surface area contributed by atoms with Gasteiger partial charge in [-0.25, -0.2) is 4.98 Å². The second-order valence-electron chi connectivity index (χ2n) is 2.79. The van der Waals surface area contributed by atoms with Crippen molar-refractivity contribution in [2.24, 2.45) is 0 Å². The van der Waals surface area contributed by atoms with Crippen LogP contribution in [0.4, 0.5) is 0 Å². The van der Waals surface area contributed by atoms with E-state index in [0.717, 1.165) is 12.2 Å². The van der Waals surface area contributed by atoms with Crippen LogP contribution in [0, 0.1) is 0 Å². The van der Waals surface area contributed by atoms with Gasteiger partial charge in [-0.15, -0.1) is 0 Å². The van der Waals surface area contributed by atoms with Crippen molar-refractivity contribution in [3.63, 3.8) is 0 Å². The number of hydrogen-bond donors (Lipinski definition) is 1. The van der Waals surface area contributed by atoms with Crippen molar-refractivity contribution >= 4 is 0 Å². The van der Waals surface area contributed by atoms with Crippen molar-refractivity contribution in [2.45, 2.75) is 25.5 Å². The first-order valence-electron chi connectivity index (χ1n) is 3.50. The molecule has 1 N–H and O–H groups in total. The topological polar surface area (TPSA) is 38.1 Å². The van der Waals surface area contributed by atoms with Crippen molar-refractivity contribution in [3.05, 3.63) is 18.2 Å². The van der Waals surface area contributed by atoms with Crippen LogP contribution in [0.2, 0.25) is 0 Å². The average molecular weight is 138 g/mol. The Hall–Kier alpha value is -0.830. The average Bonchev–Trinajstić information content (AvgIpc) is 2.39. The van der Waals surface area contributed by atoms with Gasteiger partial charge in [-0.05, 0) is 6.92 Å². The molecule has 0 saturated heterocycles. The molecule has 0 radical (unpaired) electrons. The summed E-state index contributed by atoms with van der Waals surface area (Å²) >= 11 is 0. The number of fused-ring (bicyclic) bond motifs is 1. The zero-order chi connectivity index (χ0) is 7.14. The largest absolute Gasteiger partial charge is 0.385 e. The highest BCUT2D eigenvalue weighted by molar-refractivity contribution is 5.04. The molecule has 0 unspecified atom stereocenters. The first-order chi connectivity index (χ1) is 4.79. The summed E-state index contributed by atoms with van der Waals surface area (Å²) in [6.07, 6.45) is 4.11. The van der Waals surface area contributed by atoms with Gasteiger partial charge < -0.3 is 9.67 Å². The lowest BCUT2D eigenvalue weighted by atomic mass is 10.2. The van der Waals surface area contributed by atoms with Crippen molar-refractivity contribution in [3.8, 4) is 0 Å². The summed E-state index contributed by atoms with van der Waals surface area (Å²) in [6.45, 7) is 2.08. The van der Waals surface area contributed by atoms with Crippen LogP contribution in [0.1, 0.15) is 31.3 Å². The third-order valence-corrected chi connectivity index (χ3v) is 2.04. The highest BCUT2D eigenvalue weighted by atomic mass is 16.3. The van der Waals surface area contributed by atoms with E-state index in [4.69, 9.17) is 0 Å². The van der Waals surface area contributed by atoms with E-state index < -0.39 is 0 Å². The third-order valence-electron chi connectivity index (χ3n) is 2.04. The summed E-state index contributed by atoms with van der Waals surface area (Å²) in [7, 11) is 0. The number of imidazole rings is 1. The summed E-state index contributed by atoms with van der Waals surface area (Å²) in [5, 5.41) is 9.36. The molecular formula is C7H10N2O. The Morgan fingerprint density at radius 1 is 1.80 bits per heavy atom. The van der Waals surface area contributed by atoms with E-state index in [9.17, 15) is 5.11 Å². The maximum absolute atomic E-state index is 9.36. The number of aliphatic hydroxyl groups excluding tert-OH is 1. The Labute approximate surface area is 59.3 Å². The van der Waals surface area contributed by atoms with E-state index in [1.54, 1.807) is 6.20 Å². The highest BCUT2D eigenvalue weighted by Gasteiger charge is 2.26. The highest BCUT2D eigenvalue weighted by Crippen LogP contribution is 2.31. The molecule has 2 heterocycles. The summed E-state index contributed by atoms with van der Waals surface area (Å²) in [5.41, 5.74) is 0. The van der Waals surface area contributed by atoms with Crippen LogP contribution < -0.4 is 0 Å². The molecule has 1 aliphatic heterocycles. The van der Waals surface area contributed by atoms with E-state index in [1.165, 1.54) is 0 Å². The first-order valence-corrected chi connectivity index (χ1v) is 3.50. The lowest BCUT2D eigenvalue weighted by Crippen LogP contribution is -1.95. The van der Waals surface area contributed by atoms with Crippen LogP contribution in [0.3, 0.4) is 0 Å². The van der Waals surface area contributed by atoms with Gasteiger partial charge in [-0.2, -0.15) is 0 Å². The van der Waals surface area contributed by atoms with Gasteiger partial charge in [0.25, 0.3) is 0 Å². The van der Waals surface area contributed by atoms with E-state index in [-0.39, 0.29) is 6.10 Å². The standard InChI is InChI=1S/C7H10N2O/c1-5-4-6(10)7-8-2-3-9(5)7/h2-3,5-6,10H,4H2,1H3/t5-,6+/m0/s1. The molecule has 0 bridgehead atoms. The van der Waals surface area contributed by atoms with Crippen molar-refractivity contribution < 1.29 is 5.11 Å². The summed E-state index contributed by atoms with van der Waals surface area (Å²) in [4.78, 5) is 4.04. The van der Waals surface area contributed by atoms with E-state index in [1.807, 2.05) is 10.8 Å². The molecule has 1 aromatic rings. The number of hydrogen-bond acceptors (Lipinski definition) is 2. The fraction of sp³-hybridized carbons (Fsp3) is 0.571. The molecule has 1 aromatic heterocycles. The van der Waals surface area contributed by atoms with Crippen LogP contribution in [0.15, 0.2) is 12.4 Å². The predicted molar refractivity (Wildman–Crippen MR) is 36.5 cm³/mol. The van der Waals surface area contributed by atoms with Crippen molar-refractivity contribution in [1.82, 2.24) is 9.55 Å². The SMILES string of the molecule is C[C@H]1C[C@@H](O)c2nccn21. The zero-order valence-corrected chi connectivity index (χ0v) is 5.86. The fourth-order valence-electron chi connectivity index (χ4n) is 1.50. The quantitative estimate of drug-likeness (QED) is 0.578. The fourth-order valence-corrected chi connectivity index (χ4v) is 1.50. The molecule has 0 saturated carbocycles. The number of aromatic nitrogens is 2. The summed E-state index contributed by atoms with van der Waals surface area (Å²) < 4.78 is 2.02. The minimum Gasteiger partial charge on any atom is -0.385 e. The van der Waals surface area contributed by atoms with E-state index >= 15 is 0 Å². The van der Waals surface area contributed by atoms with Gasteiger partial charge in [-0.3, -0.25) is 0 Å². The molecule has 0 amide bonds. The molecule has 10 heavy (non-hydrogen) atoms. The molecule has 1 aliphatic rings. The van der Waals surface area contributed by atoms with Gasteiger partial charge in [0.05, 0.1) is 0 Å². The van der Waals surface area contributed by atoms with Gasteiger partial charge in [0.1, 0.15) is 11.9 Å². The molecule has 2 atom stereocenters. The number of nitrogens with zero attached hydrogens (tertiary/aromatic N) is 2. The van der Waals surface area contributed by atoms with Gasteiger partial charge in [0.2, 0.25) is 0 Å². The minimum absolute atomic E-state index is 0.343. The maximum atomic E-state index is 9.36. The second kappa shape index (κ2) is 1.83. The van der Waals surface area contributed by atoms with Crippen LogP contribution in [-0.2, 0) is 0 Å². The Bertz CT molecular complexity index is 221. The first kappa shape index (κ1) is 5.92. The van der Waals surface area contributed by atoms with Crippen LogP contribution in [0.5, 0.6) is 0 Å². The van der Waals surface area contributed by atoms with Crippen LogP contribution >= 0.6 is 0 Å². The Morgan fingerprint density at radius 2 is 2.60 bits per heavy atom. The Morgan fingerprint density at radius 3 is 3.30 bits per heavy atom. The summed E-state index contributed by atoms with van der Waals surface area (Å²) in [6, 6.07) is 0.410. The van der Waals surface area contributed by atoms with Gasteiger partial charge in [0.15, 0.2) is 0 Å². The molecule has 0 fully saturated rings. The Kier molecular flexibility index (Phi) is 1.08. The van der Waals surface area contributed by atoms with E-state index in [2.05, 4.69) is 11.9 Å². The molecule has 54 valence electrons. The molecule has 3 heteroatoms. The molecule has 0 aliphatic carbocycles. The Balaban J connectivity index is 2.48. The van der Waals surface area contributed by atoms with Crippen LogP contribution in [-0.4, -0.2) is 14.7 Å². The summed E-state index contributed by atoms with van der Waals surface area (Å²) in [5.74, 6) is 0.813. The zero-order valence-electron chi connectivity index (χ0n) is 5.86. The van der Waals surface area contributed by atoms with E-state index in [0.29, 0.717) is 6.04 Å². The number of aliphatic hydroxyl groups is 1. The maximum Gasteiger partial charge on any atom is 0.137 e. The lowest BCUT2D eigenvalue weighted by molar-refractivity contribution is 0.170. The normalized spacial score (nSPS) is 30.6. The number of rotatable bonds is 0. The smallest absolute Gasteiger partial charge is 0.137 e. The third kappa shape index (κ3) is 0.609. The molecule has 0 aromatic carbocycles. The molecular weight excluding hydrogens is 128 g/mol. The van der Waals surface area contributed by atoms with Gasteiger partial charge >= 0.3 is 0 Å². The van der Waals surface area contributed by atoms with Crippen molar-refractivity contribution in [1.29, 1.82) is 0 Å². The van der Waals surface area contributed by atoms with Crippen molar-refractivity contribution in [2.75, 3.05) is 0 Å². The van der Waals surface area contributed by atoms with Crippen LogP contribution in [0.25, 0.3) is 0 Å². The molecule has 0 spiro atoms. The second-order valence-corrected chi connectivity index (χ2v) is 2.79. The lowest BCUT2D eigenvalue weighted by Gasteiger charge is -2.01. The van der Waals surface area contributed by atoms with Gasteiger partial charge in [0, 0.05) is 24.9 Å².